The van der Waals surface area contributed by atoms with E-state index in [1.54, 1.807) is 12.1 Å². The van der Waals surface area contributed by atoms with Crippen LogP contribution in [0.1, 0.15) is 16.1 Å². The molecule has 0 aliphatic carbocycles. The van der Waals surface area contributed by atoms with Gasteiger partial charge in [0, 0.05) is 0 Å². The minimum atomic E-state index is -0.467. The smallest absolute Gasteiger partial charge is 0.269 e. The molecule has 0 bridgehead atoms. The van der Waals surface area contributed by atoms with Gasteiger partial charge in [0.1, 0.15) is 5.76 Å². The lowest BCUT2D eigenvalue weighted by molar-refractivity contribution is 0.0951. The molecular weight excluding hydrogens is 272 g/mol. The summed E-state index contributed by atoms with van der Waals surface area (Å²) in [6.07, 6.45) is 2.63. The Kier molecular flexibility index (Phi) is 3.25. The van der Waals surface area contributed by atoms with E-state index in [0.717, 1.165) is 0 Å². The number of nitrogen functional groups attached to an aromatic ring is 1. The fourth-order valence-electron chi connectivity index (χ4n) is 2.16. The van der Waals surface area contributed by atoms with E-state index in [2.05, 4.69) is 4.98 Å². The Bertz CT molecular complexity index is 866. The molecule has 0 saturated heterocycles. The third-order valence-corrected chi connectivity index (χ3v) is 3.18. The second kappa shape index (κ2) is 5.22. The Morgan fingerprint density at radius 2 is 2.14 bits per heavy atom. The Morgan fingerprint density at radius 3 is 2.95 bits per heavy atom. The number of nitrogens with two attached hydrogens (primary N) is 1. The van der Waals surface area contributed by atoms with Crippen LogP contribution in [0.15, 0.2) is 52.0 Å². The fraction of sp³-hybridized carbons (Fsp3) is 0.0714. The summed E-state index contributed by atoms with van der Waals surface area (Å²) < 4.78 is 6.79. The maximum Gasteiger partial charge on any atom is 0.269 e. The number of benzene rings is 1. The molecule has 1 amide bonds. The zero-order valence-electron chi connectivity index (χ0n) is 10.9. The average Bonchev–Trinajstić information content (AvgIpc) is 2.97. The molecule has 0 aliphatic heterocycles. The lowest BCUT2D eigenvalue weighted by atomic mass is 10.2. The molecule has 0 saturated carbocycles. The van der Waals surface area contributed by atoms with E-state index < -0.39 is 5.91 Å². The molecule has 0 aliphatic rings. The normalized spacial score (nSPS) is 10.7. The minimum Gasteiger partial charge on any atom is -0.467 e. The molecule has 106 valence electrons. The van der Waals surface area contributed by atoms with Crippen LogP contribution in [0.3, 0.4) is 0 Å². The summed E-state index contributed by atoms with van der Waals surface area (Å²) in [4.78, 5) is 27.8. The standard InChI is InChI=1S/C14H12N4O3/c15-17-14(20)9-5-6-21-12(9)8-18-11-4-2-1-3-10(11)16-7-13(18)19/h1-7H,8,15H2,(H,17,20). The van der Waals surface area contributed by atoms with E-state index in [9.17, 15) is 9.59 Å². The quantitative estimate of drug-likeness (QED) is 0.417. The average molecular weight is 284 g/mol. The van der Waals surface area contributed by atoms with Crippen molar-refractivity contribution in [2.24, 2.45) is 5.84 Å². The van der Waals surface area contributed by atoms with Crippen LogP contribution in [0.25, 0.3) is 11.0 Å². The summed E-state index contributed by atoms with van der Waals surface area (Å²) in [5, 5.41) is 0. The Labute approximate surface area is 119 Å². The lowest BCUT2D eigenvalue weighted by Crippen LogP contribution is -2.31. The van der Waals surface area contributed by atoms with Gasteiger partial charge in [0.05, 0.1) is 35.6 Å². The number of rotatable bonds is 3. The molecule has 7 heteroatoms. The zero-order chi connectivity index (χ0) is 14.8. The summed E-state index contributed by atoms with van der Waals surface area (Å²) >= 11 is 0. The molecule has 0 atom stereocenters. The molecule has 1 aromatic carbocycles. The molecule has 21 heavy (non-hydrogen) atoms. The molecule has 2 heterocycles. The molecule has 3 N–H and O–H groups in total. The van der Waals surface area contributed by atoms with Gasteiger partial charge in [-0.15, -0.1) is 0 Å². The van der Waals surface area contributed by atoms with Crippen LogP contribution in [0.4, 0.5) is 0 Å². The van der Waals surface area contributed by atoms with Gasteiger partial charge in [-0.3, -0.25) is 19.6 Å². The van der Waals surface area contributed by atoms with Crippen LogP contribution in [0.5, 0.6) is 0 Å². The van der Waals surface area contributed by atoms with Crippen molar-refractivity contribution in [3.63, 3.8) is 0 Å². The van der Waals surface area contributed by atoms with Crippen molar-refractivity contribution >= 4 is 16.9 Å². The zero-order valence-corrected chi connectivity index (χ0v) is 10.9. The number of hydrogen-bond acceptors (Lipinski definition) is 5. The summed E-state index contributed by atoms with van der Waals surface area (Å²) in [6, 6.07) is 8.75. The van der Waals surface area contributed by atoms with Crippen molar-refractivity contribution in [1.29, 1.82) is 0 Å². The highest BCUT2D eigenvalue weighted by atomic mass is 16.3. The van der Waals surface area contributed by atoms with E-state index in [1.165, 1.54) is 23.1 Å². The summed E-state index contributed by atoms with van der Waals surface area (Å²) in [6.45, 7) is 0.123. The van der Waals surface area contributed by atoms with Crippen LogP contribution in [-0.4, -0.2) is 15.5 Å². The predicted molar refractivity (Wildman–Crippen MR) is 75.5 cm³/mol. The molecule has 0 unspecified atom stereocenters. The van der Waals surface area contributed by atoms with Crippen molar-refractivity contribution in [3.05, 3.63) is 64.5 Å². The van der Waals surface area contributed by atoms with Gasteiger partial charge in [0.25, 0.3) is 11.5 Å². The molecule has 3 aromatic rings. The molecule has 0 radical (unpaired) electrons. The van der Waals surface area contributed by atoms with Gasteiger partial charge < -0.3 is 4.42 Å². The van der Waals surface area contributed by atoms with Gasteiger partial charge in [0.15, 0.2) is 0 Å². The van der Waals surface area contributed by atoms with Crippen LogP contribution in [-0.2, 0) is 6.54 Å². The van der Waals surface area contributed by atoms with Crippen molar-refractivity contribution in [1.82, 2.24) is 15.0 Å². The highest BCUT2D eigenvalue weighted by Crippen LogP contribution is 2.15. The van der Waals surface area contributed by atoms with E-state index >= 15 is 0 Å². The van der Waals surface area contributed by atoms with Gasteiger partial charge in [-0.25, -0.2) is 10.8 Å². The number of nitrogens with zero attached hydrogens (tertiary/aromatic N) is 2. The first-order valence-electron chi connectivity index (χ1n) is 6.22. The maximum atomic E-state index is 12.0. The minimum absolute atomic E-state index is 0.123. The number of carbonyl (C=O) groups is 1. The molecule has 3 rings (SSSR count). The Morgan fingerprint density at radius 1 is 1.33 bits per heavy atom. The largest absolute Gasteiger partial charge is 0.467 e. The second-order valence-electron chi connectivity index (χ2n) is 4.40. The highest BCUT2D eigenvalue weighted by molar-refractivity contribution is 5.94. The van der Waals surface area contributed by atoms with Crippen LogP contribution in [0, 0.1) is 0 Å². The number of hydrogen-bond donors (Lipinski definition) is 2. The van der Waals surface area contributed by atoms with Gasteiger partial charge >= 0.3 is 0 Å². The van der Waals surface area contributed by atoms with Crippen LogP contribution in [0.2, 0.25) is 0 Å². The van der Waals surface area contributed by atoms with Gasteiger partial charge in [-0.05, 0) is 18.2 Å². The van der Waals surface area contributed by atoms with E-state index in [-0.39, 0.29) is 12.1 Å². The topological polar surface area (TPSA) is 103 Å². The van der Waals surface area contributed by atoms with Crippen molar-refractivity contribution in [2.45, 2.75) is 6.54 Å². The summed E-state index contributed by atoms with van der Waals surface area (Å²) in [5.74, 6) is 5.02. The molecule has 2 aromatic heterocycles. The molecule has 0 spiro atoms. The lowest BCUT2D eigenvalue weighted by Gasteiger charge is -2.08. The molecule has 7 nitrogen and oxygen atoms in total. The first-order valence-corrected chi connectivity index (χ1v) is 6.22. The Hall–Kier alpha value is -2.93. The maximum absolute atomic E-state index is 12.0. The number of aromatic nitrogens is 2. The van der Waals surface area contributed by atoms with E-state index in [0.29, 0.717) is 22.4 Å². The first-order chi connectivity index (χ1) is 10.2. The molecular formula is C14H12N4O3. The van der Waals surface area contributed by atoms with Gasteiger partial charge in [-0.2, -0.15) is 0 Å². The SMILES string of the molecule is NNC(=O)c1ccoc1Cn1c(=O)cnc2ccccc21. The number of amides is 1. The van der Waals surface area contributed by atoms with Crippen LogP contribution < -0.4 is 16.8 Å². The third-order valence-electron chi connectivity index (χ3n) is 3.18. The second-order valence-corrected chi connectivity index (χ2v) is 4.40. The van der Waals surface area contributed by atoms with Crippen LogP contribution >= 0.6 is 0 Å². The summed E-state index contributed by atoms with van der Waals surface area (Å²) in [7, 11) is 0. The number of fused-ring (bicyclic) bond motifs is 1. The summed E-state index contributed by atoms with van der Waals surface area (Å²) in [5.41, 5.74) is 3.42. The number of nitrogens with one attached hydrogen (secondary N) is 1. The van der Waals surface area contributed by atoms with Gasteiger partial charge in [-0.1, -0.05) is 12.1 Å². The third kappa shape index (κ3) is 2.30. The van der Waals surface area contributed by atoms with Crippen molar-refractivity contribution in [2.75, 3.05) is 0 Å². The number of furan rings is 1. The Balaban J connectivity index is 2.11. The molecule has 0 fully saturated rings. The number of hydrazine groups is 1. The predicted octanol–water partition coefficient (Wildman–Crippen LogP) is 0.641. The number of para-hydroxylation sites is 2. The van der Waals surface area contributed by atoms with Gasteiger partial charge in [0.2, 0.25) is 0 Å². The first kappa shape index (κ1) is 13.1. The van der Waals surface area contributed by atoms with Crippen molar-refractivity contribution < 1.29 is 9.21 Å². The van der Waals surface area contributed by atoms with Crippen molar-refractivity contribution in [3.8, 4) is 0 Å². The van der Waals surface area contributed by atoms with E-state index in [1.807, 2.05) is 17.6 Å². The number of carbonyl (C=O) groups excluding carboxylic acids is 1. The van der Waals surface area contributed by atoms with E-state index in [4.69, 9.17) is 10.3 Å². The fourth-order valence-corrected chi connectivity index (χ4v) is 2.16. The monoisotopic (exact) mass is 284 g/mol. The highest BCUT2D eigenvalue weighted by Gasteiger charge is 2.15.